The van der Waals surface area contributed by atoms with Gasteiger partial charge in [-0.3, -0.25) is 19.3 Å². The van der Waals surface area contributed by atoms with Gasteiger partial charge in [0.25, 0.3) is 11.8 Å². The SMILES string of the molecule is C\C=C/C(=C\CC)C(/N)=C/C=C(\N)NC(=O)Cc1cc(C)cc2c1C(=O)N(C1CC1)C2=O. The number of benzene rings is 1. The third-order valence-electron chi connectivity index (χ3n) is 5.34. The van der Waals surface area contributed by atoms with Gasteiger partial charge in [0.2, 0.25) is 5.91 Å². The van der Waals surface area contributed by atoms with Crippen LogP contribution in [0.1, 0.15) is 65.0 Å². The first kappa shape index (κ1) is 23.1. The van der Waals surface area contributed by atoms with E-state index in [1.165, 1.54) is 11.0 Å². The van der Waals surface area contributed by atoms with Crippen LogP contribution in [0.2, 0.25) is 0 Å². The molecular weight excluding hydrogens is 404 g/mol. The number of nitrogens with one attached hydrogen (secondary N) is 1. The van der Waals surface area contributed by atoms with Crippen LogP contribution in [0.5, 0.6) is 0 Å². The fourth-order valence-corrected chi connectivity index (χ4v) is 3.81. The molecule has 3 rings (SSSR count). The van der Waals surface area contributed by atoms with E-state index in [9.17, 15) is 14.4 Å². The van der Waals surface area contributed by atoms with Crippen molar-refractivity contribution in [2.45, 2.75) is 52.5 Å². The predicted octanol–water partition coefficient (Wildman–Crippen LogP) is 2.97. The van der Waals surface area contributed by atoms with Gasteiger partial charge >= 0.3 is 0 Å². The Balaban J connectivity index is 1.75. The summed E-state index contributed by atoms with van der Waals surface area (Å²) < 4.78 is 0. The molecule has 3 amide bonds. The first-order chi connectivity index (χ1) is 15.3. The van der Waals surface area contributed by atoms with E-state index in [1.54, 1.807) is 18.2 Å². The van der Waals surface area contributed by atoms with Gasteiger partial charge in [0.15, 0.2) is 0 Å². The van der Waals surface area contributed by atoms with E-state index >= 15 is 0 Å². The van der Waals surface area contributed by atoms with Gasteiger partial charge in [-0.2, -0.15) is 0 Å². The molecule has 0 spiro atoms. The average Bonchev–Trinajstić information content (AvgIpc) is 3.52. The van der Waals surface area contributed by atoms with Crippen LogP contribution in [0.4, 0.5) is 0 Å². The van der Waals surface area contributed by atoms with Crippen LogP contribution in [0.15, 0.2) is 59.6 Å². The second kappa shape index (κ2) is 9.68. The molecule has 2 aliphatic rings. The number of carbonyl (C=O) groups excluding carboxylic acids is 3. The number of amides is 3. The van der Waals surface area contributed by atoms with Crippen LogP contribution in [0.25, 0.3) is 0 Å². The molecule has 7 heteroatoms. The Kier molecular flexibility index (Phi) is 6.98. The fraction of sp³-hybridized carbons (Fsp3) is 0.320. The molecule has 1 fully saturated rings. The summed E-state index contributed by atoms with van der Waals surface area (Å²) in [7, 11) is 0. The fourth-order valence-electron chi connectivity index (χ4n) is 3.81. The number of rotatable bonds is 8. The highest BCUT2D eigenvalue weighted by Gasteiger charge is 2.45. The lowest BCUT2D eigenvalue weighted by Gasteiger charge is -2.12. The Morgan fingerprint density at radius 1 is 1.19 bits per heavy atom. The van der Waals surface area contributed by atoms with Crippen molar-refractivity contribution in [3.8, 4) is 0 Å². The van der Waals surface area contributed by atoms with Gasteiger partial charge in [0.05, 0.1) is 17.5 Å². The van der Waals surface area contributed by atoms with E-state index in [1.807, 2.05) is 39.0 Å². The first-order valence-electron chi connectivity index (χ1n) is 10.8. The molecule has 0 unspecified atom stereocenters. The number of hydrogen-bond donors (Lipinski definition) is 3. The van der Waals surface area contributed by atoms with Crippen molar-refractivity contribution in [3.05, 3.63) is 81.9 Å². The highest BCUT2D eigenvalue weighted by molar-refractivity contribution is 6.22. The van der Waals surface area contributed by atoms with Gasteiger partial charge in [-0.25, -0.2) is 0 Å². The minimum Gasteiger partial charge on any atom is -0.398 e. The number of nitrogens with zero attached hydrogens (tertiary/aromatic N) is 1. The van der Waals surface area contributed by atoms with Crippen LogP contribution in [0.3, 0.4) is 0 Å². The van der Waals surface area contributed by atoms with Gasteiger partial charge in [-0.15, -0.1) is 0 Å². The van der Waals surface area contributed by atoms with Crippen LogP contribution in [-0.2, 0) is 11.2 Å². The third-order valence-corrected chi connectivity index (χ3v) is 5.34. The zero-order chi connectivity index (χ0) is 23.4. The van der Waals surface area contributed by atoms with Crippen molar-refractivity contribution in [3.63, 3.8) is 0 Å². The summed E-state index contributed by atoms with van der Waals surface area (Å²) in [5.74, 6) is -0.814. The Hall–Kier alpha value is -3.61. The molecule has 1 heterocycles. The first-order valence-corrected chi connectivity index (χ1v) is 10.8. The average molecular weight is 435 g/mol. The van der Waals surface area contributed by atoms with Crippen LogP contribution < -0.4 is 16.8 Å². The maximum absolute atomic E-state index is 12.9. The van der Waals surface area contributed by atoms with E-state index in [2.05, 4.69) is 5.32 Å². The van der Waals surface area contributed by atoms with Crippen LogP contribution in [0, 0.1) is 6.92 Å². The number of aryl methyl sites for hydroxylation is 1. The molecule has 32 heavy (non-hydrogen) atoms. The van der Waals surface area contributed by atoms with Crippen molar-refractivity contribution in [2.75, 3.05) is 0 Å². The lowest BCUT2D eigenvalue weighted by Crippen LogP contribution is -2.32. The molecule has 1 aromatic carbocycles. The largest absolute Gasteiger partial charge is 0.398 e. The number of fused-ring (bicyclic) bond motifs is 1. The minimum absolute atomic E-state index is 0.0191. The van der Waals surface area contributed by atoms with Gasteiger partial charge in [-0.05, 0) is 68.0 Å². The highest BCUT2D eigenvalue weighted by Crippen LogP contribution is 2.36. The number of allylic oxidation sites excluding steroid dienone is 5. The molecule has 1 saturated carbocycles. The summed E-state index contributed by atoms with van der Waals surface area (Å²) in [6.07, 6.45) is 11.4. The third kappa shape index (κ3) is 4.99. The van der Waals surface area contributed by atoms with Crippen molar-refractivity contribution < 1.29 is 14.4 Å². The molecule has 7 nitrogen and oxygen atoms in total. The van der Waals surface area contributed by atoms with Crippen molar-refractivity contribution in [1.29, 1.82) is 0 Å². The molecule has 5 N–H and O–H groups in total. The van der Waals surface area contributed by atoms with E-state index < -0.39 is 0 Å². The van der Waals surface area contributed by atoms with E-state index in [0.717, 1.165) is 30.4 Å². The maximum Gasteiger partial charge on any atom is 0.262 e. The molecule has 0 radical (unpaired) electrons. The molecular formula is C25H30N4O3. The summed E-state index contributed by atoms with van der Waals surface area (Å²) in [5.41, 5.74) is 15.5. The molecule has 0 aromatic heterocycles. The summed E-state index contributed by atoms with van der Waals surface area (Å²) in [6.45, 7) is 5.77. The monoisotopic (exact) mass is 434 g/mol. The van der Waals surface area contributed by atoms with E-state index in [4.69, 9.17) is 11.5 Å². The predicted molar refractivity (Wildman–Crippen MR) is 124 cm³/mol. The zero-order valence-corrected chi connectivity index (χ0v) is 18.8. The molecule has 0 saturated heterocycles. The quantitative estimate of drug-likeness (QED) is 0.429. The second-order valence-corrected chi connectivity index (χ2v) is 8.09. The molecule has 0 bridgehead atoms. The van der Waals surface area contributed by atoms with Gasteiger partial charge in [0.1, 0.15) is 5.82 Å². The maximum atomic E-state index is 12.9. The number of nitrogens with two attached hydrogens (primary N) is 2. The minimum atomic E-state index is -0.374. The van der Waals surface area contributed by atoms with Gasteiger partial charge in [0, 0.05) is 11.7 Å². The number of hydrogen-bond acceptors (Lipinski definition) is 5. The molecule has 1 aliphatic carbocycles. The van der Waals surface area contributed by atoms with Gasteiger partial charge < -0.3 is 16.8 Å². The summed E-state index contributed by atoms with van der Waals surface area (Å²) in [5, 5.41) is 2.62. The van der Waals surface area contributed by atoms with E-state index in [0.29, 0.717) is 22.4 Å². The zero-order valence-electron chi connectivity index (χ0n) is 18.8. The Morgan fingerprint density at radius 2 is 1.91 bits per heavy atom. The standard InChI is InChI=1S/C25H30N4O3/c1-4-6-16(7-5-2)20(26)10-11-21(27)28-22(30)14-17-12-15(3)13-19-23(17)25(32)29(24(19)31)18-8-9-18/h4,6-7,10-13,18H,5,8-9,14,26-27H2,1-3H3,(H,28,30)/b6-4-,16-7+,20-10-,21-11+. The summed E-state index contributed by atoms with van der Waals surface area (Å²) in [4.78, 5) is 39.5. The Morgan fingerprint density at radius 3 is 2.53 bits per heavy atom. The number of carbonyl (C=O) groups is 3. The summed E-state index contributed by atoms with van der Waals surface area (Å²) in [6, 6.07) is 3.47. The summed E-state index contributed by atoms with van der Waals surface area (Å²) >= 11 is 0. The second-order valence-electron chi connectivity index (χ2n) is 8.09. The van der Waals surface area contributed by atoms with E-state index in [-0.39, 0.29) is 36.0 Å². The lowest BCUT2D eigenvalue weighted by atomic mass is 9.97. The highest BCUT2D eigenvalue weighted by atomic mass is 16.2. The van der Waals surface area contributed by atoms with Crippen molar-refractivity contribution in [2.24, 2.45) is 11.5 Å². The topological polar surface area (TPSA) is 119 Å². The normalized spacial score (nSPS) is 17.3. The van der Waals surface area contributed by atoms with Crippen LogP contribution in [-0.4, -0.2) is 28.7 Å². The molecule has 1 aliphatic heterocycles. The molecule has 1 aromatic rings. The molecule has 0 atom stereocenters. The van der Waals surface area contributed by atoms with Crippen molar-refractivity contribution in [1.82, 2.24) is 10.2 Å². The van der Waals surface area contributed by atoms with Gasteiger partial charge in [-0.1, -0.05) is 31.2 Å². The molecule has 168 valence electrons. The Labute approximate surface area is 188 Å². The lowest BCUT2D eigenvalue weighted by molar-refractivity contribution is -0.119. The van der Waals surface area contributed by atoms with Crippen LogP contribution >= 0.6 is 0 Å². The van der Waals surface area contributed by atoms with Crippen molar-refractivity contribution >= 4 is 17.7 Å². The smallest absolute Gasteiger partial charge is 0.262 e. The Bertz CT molecular complexity index is 1070. The number of imide groups is 1.